The van der Waals surface area contributed by atoms with Crippen molar-refractivity contribution in [2.75, 3.05) is 6.61 Å². The molecule has 0 bridgehead atoms. The third-order valence-electron chi connectivity index (χ3n) is 2.96. The molecule has 0 aliphatic rings. The van der Waals surface area contributed by atoms with Gasteiger partial charge in [-0.25, -0.2) is 0 Å². The van der Waals surface area contributed by atoms with E-state index in [2.05, 4.69) is 10.6 Å². The van der Waals surface area contributed by atoms with E-state index in [0.29, 0.717) is 6.42 Å². The summed E-state index contributed by atoms with van der Waals surface area (Å²) in [6, 6.07) is 7.98. The molecule has 0 radical (unpaired) electrons. The van der Waals surface area contributed by atoms with Gasteiger partial charge in [0, 0.05) is 12.5 Å². The SMILES string of the molecule is CC(C)CC(=O)NC(C(=O)NC(C)CO)c1ccccc1. The molecule has 0 aliphatic heterocycles. The molecule has 0 aliphatic carbocycles. The van der Waals surface area contributed by atoms with Crippen LogP contribution in [-0.2, 0) is 9.59 Å². The van der Waals surface area contributed by atoms with Gasteiger partial charge in [-0.05, 0) is 18.4 Å². The highest BCUT2D eigenvalue weighted by Crippen LogP contribution is 2.14. The standard InChI is InChI=1S/C16H24N2O3/c1-11(2)9-14(20)18-15(13-7-5-4-6-8-13)16(21)17-12(3)10-19/h4-8,11-12,15,19H,9-10H2,1-3H3,(H,17,21)(H,18,20). The predicted octanol–water partition coefficient (Wildman–Crippen LogP) is 1.39. The molecule has 5 nitrogen and oxygen atoms in total. The zero-order valence-electron chi connectivity index (χ0n) is 12.8. The van der Waals surface area contributed by atoms with Crippen LogP contribution in [0, 0.1) is 5.92 Å². The van der Waals surface area contributed by atoms with Crippen molar-refractivity contribution in [1.82, 2.24) is 10.6 Å². The molecule has 2 unspecified atom stereocenters. The van der Waals surface area contributed by atoms with E-state index in [4.69, 9.17) is 5.11 Å². The molecule has 0 spiro atoms. The minimum absolute atomic E-state index is 0.146. The summed E-state index contributed by atoms with van der Waals surface area (Å²) < 4.78 is 0. The monoisotopic (exact) mass is 292 g/mol. The van der Waals surface area contributed by atoms with Gasteiger partial charge in [0.25, 0.3) is 0 Å². The maximum Gasteiger partial charge on any atom is 0.247 e. The number of nitrogens with one attached hydrogen (secondary N) is 2. The number of hydrogen-bond donors (Lipinski definition) is 3. The van der Waals surface area contributed by atoms with Crippen molar-refractivity contribution in [3.8, 4) is 0 Å². The minimum Gasteiger partial charge on any atom is -0.394 e. The summed E-state index contributed by atoms with van der Waals surface area (Å²) in [7, 11) is 0. The second-order valence-electron chi connectivity index (χ2n) is 5.60. The van der Waals surface area contributed by atoms with Crippen LogP contribution < -0.4 is 10.6 Å². The summed E-state index contributed by atoms with van der Waals surface area (Å²) in [5, 5.41) is 14.5. The molecule has 5 heteroatoms. The van der Waals surface area contributed by atoms with E-state index in [1.54, 1.807) is 19.1 Å². The summed E-state index contributed by atoms with van der Waals surface area (Å²) >= 11 is 0. The Hall–Kier alpha value is -1.88. The van der Waals surface area contributed by atoms with Gasteiger partial charge in [-0.2, -0.15) is 0 Å². The molecule has 1 aromatic rings. The summed E-state index contributed by atoms with van der Waals surface area (Å²) in [6.07, 6.45) is 0.367. The van der Waals surface area contributed by atoms with Crippen molar-refractivity contribution in [1.29, 1.82) is 0 Å². The lowest BCUT2D eigenvalue weighted by Crippen LogP contribution is -2.44. The number of aliphatic hydroxyl groups is 1. The molecule has 116 valence electrons. The summed E-state index contributed by atoms with van der Waals surface area (Å²) in [5.74, 6) is -0.258. The first-order chi connectivity index (χ1) is 9.93. The van der Waals surface area contributed by atoms with Crippen LogP contribution in [0.5, 0.6) is 0 Å². The molecule has 2 atom stereocenters. The van der Waals surface area contributed by atoms with Gasteiger partial charge in [0.2, 0.25) is 11.8 Å². The molecular formula is C16H24N2O3. The van der Waals surface area contributed by atoms with Gasteiger partial charge in [-0.1, -0.05) is 44.2 Å². The fraction of sp³-hybridized carbons (Fsp3) is 0.500. The van der Waals surface area contributed by atoms with Gasteiger partial charge < -0.3 is 15.7 Å². The second-order valence-corrected chi connectivity index (χ2v) is 5.60. The molecule has 0 saturated carbocycles. The van der Waals surface area contributed by atoms with Crippen LogP contribution in [0.15, 0.2) is 30.3 Å². The van der Waals surface area contributed by atoms with E-state index < -0.39 is 6.04 Å². The largest absolute Gasteiger partial charge is 0.394 e. The van der Waals surface area contributed by atoms with E-state index >= 15 is 0 Å². The molecule has 0 aromatic heterocycles. The number of rotatable bonds is 7. The van der Waals surface area contributed by atoms with Crippen molar-refractivity contribution in [2.45, 2.75) is 39.3 Å². The van der Waals surface area contributed by atoms with E-state index in [-0.39, 0.29) is 30.4 Å². The van der Waals surface area contributed by atoms with Crippen molar-refractivity contribution in [3.05, 3.63) is 35.9 Å². The van der Waals surface area contributed by atoms with Crippen LogP contribution in [0.4, 0.5) is 0 Å². The van der Waals surface area contributed by atoms with E-state index in [1.165, 1.54) is 0 Å². The van der Waals surface area contributed by atoms with Gasteiger partial charge in [0.15, 0.2) is 0 Å². The Labute approximate surface area is 125 Å². The number of amides is 2. The molecule has 1 rings (SSSR count). The minimum atomic E-state index is -0.744. The fourth-order valence-electron chi connectivity index (χ4n) is 1.91. The third-order valence-corrected chi connectivity index (χ3v) is 2.96. The number of hydrogen-bond acceptors (Lipinski definition) is 3. The molecule has 1 aromatic carbocycles. The highest BCUT2D eigenvalue weighted by Gasteiger charge is 2.23. The van der Waals surface area contributed by atoms with Crippen LogP contribution >= 0.6 is 0 Å². The van der Waals surface area contributed by atoms with Crippen LogP contribution in [-0.4, -0.2) is 29.6 Å². The summed E-state index contributed by atoms with van der Waals surface area (Å²) in [4.78, 5) is 24.3. The normalized spacial score (nSPS) is 13.6. The lowest BCUT2D eigenvalue weighted by atomic mass is 10.0. The zero-order valence-corrected chi connectivity index (χ0v) is 12.8. The predicted molar refractivity (Wildman–Crippen MR) is 81.5 cm³/mol. The average Bonchev–Trinajstić information content (AvgIpc) is 2.44. The quantitative estimate of drug-likeness (QED) is 0.710. The first-order valence-corrected chi connectivity index (χ1v) is 7.19. The van der Waals surface area contributed by atoms with E-state index in [0.717, 1.165) is 5.56 Å². The Balaban J connectivity index is 2.85. The number of aliphatic hydroxyl groups excluding tert-OH is 1. The van der Waals surface area contributed by atoms with Gasteiger partial charge in [-0.15, -0.1) is 0 Å². The smallest absolute Gasteiger partial charge is 0.247 e. The lowest BCUT2D eigenvalue weighted by molar-refractivity contribution is -0.130. The van der Waals surface area contributed by atoms with Gasteiger partial charge in [-0.3, -0.25) is 9.59 Å². The Kier molecular flexibility index (Phi) is 6.88. The summed E-state index contributed by atoms with van der Waals surface area (Å²) in [6.45, 7) is 5.46. The average molecular weight is 292 g/mol. The molecule has 21 heavy (non-hydrogen) atoms. The molecular weight excluding hydrogens is 268 g/mol. The fourth-order valence-corrected chi connectivity index (χ4v) is 1.91. The van der Waals surface area contributed by atoms with Crippen molar-refractivity contribution in [3.63, 3.8) is 0 Å². The molecule has 3 N–H and O–H groups in total. The second kappa shape index (κ2) is 8.42. The zero-order chi connectivity index (χ0) is 15.8. The molecule has 0 heterocycles. The first-order valence-electron chi connectivity index (χ1n) is 7.19. The van der Waals surface area contributed by atoms with Crippen molar-refractivity contribution in [2.24, 2.45) is 5.92 Å². The van der Waals surface area contributed by atoms with Crippen LogP contribution in [0.3, 0.4) is 0 Å². The van der Waals surface area contributed by atoms with E-state index in [1.807, 2.05) is 32.0 Å². The van der Waals surface area contributed by atoms with Crippen LogP contribution in [0.2, 0.25) is 0 Å². The van der Waals surface area contributed by atoms with Gasteiger partial charge in [0.1, 0.15) is 6.04 Å². The Morgan fingerprint density at radius 3 is 2.24 bits per heavy atom. The Morgan fingerprint density at radius 1 is 1.10 bits per heavy atom. The Bertz CT molecular complexity index is 460. The number of carbonyl (C=O) groups is 2. The van der Waals surface area contributed by atoms with Crippen molar-refractivity contribution >= 4 is 11.8 Å². The third kappa shape index (κ3) is 5.95. The highest BCUT2D eigenvalue weighted by atomic mass is 16.3. The maximum absolute atomic E-state index is 12.3. The van der Waals surface area contributed by atoms with Gasteiger partial charge in [0.05, 0.1) is 6.61 Å². The molecule has 0 fully saturated rings. The first kappa shape index (κ1) is 17.2. The van der Waals surface area contributed by atoms with Crippen LogP contribution in [0.1, 0.15) is 38.8 Å². The number of benzene rings is 1. The van der Waals surface area contributed by atoms with Crippen molar-refractivity contribution < 1.29 is 14.7 Å². The van der Waals surface area contributed by atoms with E-state index in [9.17, 15) is 9.59 Å². The molecule has 0 saturated heterocycles. The van der Waals surface area contributed by atoms with Crippen LogP contribution in [0.25, 0.3) is 0 Å². The number of carbonyl (C=O) groups excluding carboxylic acids is 2. The summed E-state index contributed by atoms with van der Waals surface area (Å²) in [5.41, 5.74) is 0.720. The maximum atomic E-state index is 12.3. The van der Waals surface area contributed by atoms with Gasteiger partial charge >= 0.3 is 0 Å². The molecule has 2 amide bonds. The topological polar surface area (TPSA) is 78.4 Å². The Morgan fingerprint density at radius 2 is 1.71 bits per heavy atom. The highest BCUT2D eigenvalue weighted by molar-refractivity contribution is 5.88. The lowest BCUT2D eigenvalue weighted by Gasteiger charge is -2.21.